The first-order valence-electron chi connectivity index (χ1n) is 12.1. The lowest BCUT2D eigenvalue weighted by Crippen LogP contribution is -2.48. The van der Waals surface area contributed by atoms with E-state index in [0.717, 1.165) is 24.8 Å². The predicted octanol–water partition coefficient (Wildman–Crippen LogP) is 4.08. The molecule has 1 unspecified atom stereocenters. The number of aromatic amines is 1. The molecule has 4 aromatic rings. The lowest BCUT2D eigenvalue weighted by Gasteiger charge is -2.35. The lowest BCUT2D eigenvalue weighted by atomic mass is 10.00. The number of urea groups is 1. The molecule has 1 aromatic carbocycles. The van der Waals surface area contributed by atoms with Gasteiger partial charge in [-0.15, -0.1) is 0 Å². The van der Waals surface area contributed by atoms with Crippen LogP contribution in [0.2, 0.25) is 0 Å². The Morgan fingerprint density at radius 2 is 2.03 bits per heavy atom. The van der Waals surface area contributed by atoms with Crippen LogP contribution >= 0.6 is 0 Å². The monoisotopic (exact) mass is 525 g/mol. The maximum Gasteiger partial charge on any atom is 0.322 e. The van der Waals surface area contributed by atoms with Crippen LogP contribution in [0.3, 0.4) is 0 Å². The molecule has 37 heavy (non-hydrogen) atoms. The van der Waals surface area contributed by atoms with E-state index in [0.29, 0.717) is 40.8 Å². The number of nitrogens with zero attached hydrogens (tertiary/aromatic N) is 5. The highest BCUT2D eigenvalue weighted by Gasteiger charge is 2.33. The summed E-state index contributed by atoms with van der Waals surface area (Å²) in [7, 11) is -3.58. The van der Waals surface area contributed by atoms with Crippen molar-refractivity contribution in [3.05, 3.63) is 59.8 Å². The molecule has 0 spiro atoms. The molecule has 5 rings (SSSR count). The molecule has 1 aliphatic rings. The van der Waals surface area contributed by atoms with Crippen LogP contribution < -0.4 is 10.2 Å². The Morgan fingerprint density at radius 1 is 1.27 bits per heavy atom. The molecule has 10 nitrogen and oxygen atoms in total. The van der Waals surface area contributed by atoms with Crippen LogP contribution in [0.15, 0.2) is 47.8 Å². The van der Waals surface area contributed by atoms with Crippen LogP contribution in [-0.4, -0.2) is 51.7 Å². The highest BCUT2D eigenvalue weighted by atomic mass is 32.2. The first kappa shape index (κ1) is 24.9. The number of sulfone groups is 1. The summed E-state index contributed by atoms with van der Waals surface area (Å²) in [6.07, 6.45) is 7.13. The molecule has 2 N–H and O–H groups in total. The van der Waals surface area contributed by atoms with Crippen LogP contribution in [0.1, 0.15) is 50.4 Å². The van der Waals surface area contributed by atoms with Crippen molar-refractivity contribution in [2.45, 2.75) is 56.6 Å². The summed E-state index contributed by atoms with van der Waals surface area (Å²) in [5.41, 5.74) is 3.26. The third-order valence-electron chi connectivity index (χ3n) is 6.70. The van der Waals surface area contributed by atoms with Crippen LogP contribution in [0, 0.1) is 5.82 Å². The van der Waals surface area contributed by atoms with E-state index in [1.165, 1.54) is 18.2 Å². The van der Waals surface area contributed by atoms with Crippen molar-refractivity contribution >= 4 is 32.6 Å². The number of hydrogen-bond acceptors (Lipinski definition) is 6. The number of aromatic nitrogens is 5. The van der Waals surface area contributed by atoms with Crippen molar-refractivity contribution in [3.8, 4) is 5.69 Å². The molecule has 12 heteroatoms. The Kier molecular flexibility index (Phi) is 6.44. The number of fused-ring (bicyclic) bond motifs is 2. The largest absolute Gasteiger partial charge is 0.331 e. The molecular formula is C25H28FN7O3S. The topological polar surface area (TPSA) is 126 Å². The first-order valence-corrected chi connectivity index (χ1v) is 14.0. The number of rotatable bonds is 6. The standard InChI is InChI=1S/C25H28FN7O3S/c1-4-5-20(18-12-23(37(3,35)36)30-24-19(18)13-27-31-24)29-25(34)32-15(2)6-11-21-22(32)14-28-33(21)17-9-7-16(26)8-10-17/h7-10,12-15,20H,4-6,11H2,1-3H3,(H,29,34)(H,27,30,31)/t15?,20-/m0/s1. The molecule has 0 saturated heterocycles. The summed E-state index contributed by atoms with van der Waals surface area (Å²) in [5, 5.41) is 15.0. The zero-order valence-electron chi connectivity index (χ0n) is 20.8. The Balaban J connectivity index is 1.50. The molecule has 0 fully saturated rings. The molecular weight excluding hydrogens is 497 g/mol. The minimum atomic E-state index is -3.58. The Labute approximate surface area is 213 Å². The van der Waals surface area contributed by atoms with Crippen molar-refractivity contribution in [2.24, 2.45) is 0 Å². The van der Waals surface area contributed by atoms with E-state index in [1.54, 1.807) is 34.1 Å². The van der Waals surface area contributed by atoms with E-state index in [2.05, 4.69) is 25.6 Å². The second-order valence-electron chi connectivity index (χ2n) is 9.37. The molecule has 0 bridgehead atoms. The Bertz CT molecular complexity index is 1560. The molecule has 2 amide bonds. The van der Waals surface area contributed by atoms with Gasteiger partial charge in [0.2, 0.25) is 0 Å². The van der Waals surface area contributed by atoms with E-state index >= 15 is 0 Å². The number of nitrogens with one attached hydrogen (secondary N) is 2. The van der Waals surface area contributed by atoms with Gasteiger partial charge in [-0.1, -0.05) is 13.3 Å². The second kappa shape index (κ2) is 9.58. The van der Waals surface area contributed by atoms with Gasteiger partial charge in [-0.25, -0.2) is 27.3 Å². The maximum atomic E-state index is 13.7. The van der Waals surface area contributed by atoms with Gasteiger partial charge in [-0.2, -0.15) is 10.2 Å². The molecule has 4 heterocycles. The van der Waals surface area contributed by atoms with Gasteiger partial charge in [0.25, 0.3) is 0 Å². The summed E-state index contributed by atoms with van der Waals surface area (Å²) in [6, 6.07) is 6.73. The Morgan fingerprint density at radius 3 is 2.73 bits per heavy atom. The average molecular weight is 526 g/mol. The van der Waals surface area contributed by atoms with Gasteiger partial charge in [-0.3, -0.25) is 10.00 Å². The lowest BCUT2D eigenvalue weighted by molar-refractivity contribution is 0.239. The van der Waals surface area contributed by atoms with Crippen molar-refractivity contribution < 1.29 is 17.6 Å². The normalized spacial score (nSPS) is 16.5. The number of carbonyl (C=O) groups is 1. The van der Waals surface area contributed by atoms with Crippen molar-refractivity contribution in [3.63, 3.8) is 0 Å². The van der Waals surface area contributed by atoms with Gasteiger partial charge in [0.05, 0.1) is 35.5 Å². The molecule has 0 aliphatic carbocycles. The van der Waals surface area contributed by atoms with Crippen molar-refractivity contribution in [1.29, 1.82) is 0 Å². The van der Waals surface area contributed by atoms with E-state index in [4.69, 9.17) is 0 Å². The third kappa shape index (κ3) is 4.68. The number of halogens is 1. The zero-order chi connectivity index (χ0) is 26.3. The van der Waals surface area contributed by atoms with Gasteiger partial charge in [0, 0.05) is 17.7 Å². The molecule has 1 aliphatic heterocycles. The van der Waals surface area contributed by atoms with Crippen molar-refractivity contribution in [1.82, 2.24) is 30.3 Å². The van der Waals surface area contributed by atoms with Crippen LogP contribution in [0.4, 0.5) is 14.9 Å². The first-order chi connectivity index (χ1) is 17.7. The van der Waals surface area contributed by atoms with Crippen LogP contribution in [-0.2, 0) is 16.3 Å². The number of H-pyrrole nitrogens is 1. The second-order valence-corrected chi connectivity index (χ2v) is 11.3. The minimum absolute atomic E-state index is 0.0798. The SMILES string of the molecule is CCC[C@H](NC(=O)N1c2cnn(-c3ccc(F)cc3)c2CCC1C)c1cc(S(C)(=O)=O)nc2[nH]ncc12. The third-order valence-corrected chi connectivity index (χ3v) is 7.67. The van der Waals surface area contributed by atoms with Crippen LogP contribution in [0.25, 0.3) is 16.7 Å². The van der Waals surface area contributed by atoms with Gasteiger partial charge in [0.1, 0.15) is 5.82 Å². The van der Waals surface area contributed by atoms with E-state index in [1.807, 2.05) is 13.8 Å². The fraction of sp³-hybridized carbons (Fsp3) is 0.360. The quantitative estimate of drug-likeness (QED) is 0.391. The minimum Gasteiger partial charge on any atom is -0.331 e. The number of amides is 2. The number of anilines is 1. The zero-order valence-corrected chi connectivity index (χ0v) is 21.6. The van der Waals surface area contributed by atoms with Gasteiger partial charge in [0.15, 0.2) is 20.5 Å². The summed E-state index contributed by atoms with van der Waals surface area (Å²) in [6.45, 7) is 3.98. The van der Waals surface area contributed by atoms with E-state index in [-0.39, 0.29) is 22.9 Å². The summed E-state index contributed by atoms with van der Waals surface area (Å²) in [5.74, 6) is -0.330. The maximum absolute atomic E-state index is 13.7. The van der Waals surface area contributed by atoms with Crippen molar-refractivity contribution in [2.75, 3.05) is 11.2 Å². The highest BCUT2D eigenvalue weighted by molar-refractivity contribution is 7.90. The summed E-state index contributed by atoms with van der Waals surface area (Å²) < 4.78 is 39.8. The summed E-state index contributed by atoms with van der Waals surface area (Å²) >= 11 is 0. The number of benzene rings is 1. The predicted molar refractivity (Wildman–Crippen MR) is 137 cm³/mol. The number of carbonyl (C=O) groups excluding carboxylic acids is 1. The number of hydrogen-bond donors (Lipinski definition) is 2. The Hall–Kier alpha value is -3.80. The van der Waals surface area contributed by atoms with E-state index < -0.39 is 15.9 Å². The van der Waals surface area contributed by atoms with Crippen LogP contribution in [0.5, 0.6) is 0 Å². The molecule has 3 aromatic heterocycles. The molecule has 2 atom stereocenters. The van der Waals surface area contributed by atoms with Gasteiger partial charge in [-0.05, 0) is 62.1 Å². The van der Waals surface area contributed by atoms with Gasteiger partial charge < -0.3 is 5.32 Å². The smallest absolute Gasteiger partial charge is 0.322 e. The van der Waals surface area contributed by atoms with Gasteiger partial charge >= 0.3 is 6.03 Å². The molecule has 194 valence electrons. The fourth-order valence-corrected chi connectivity index (χ4v) is 5.44. The number of pyridine rings is 1. The highest BCUT2D eigenvalue weighted by Crippen LogP contribution is 2.34. The van der Waals surface area contributed by atoms with E-state index in [9.17, 15) is 17.6 Å². The average Bonchev–Trinajstić information content (AvgIpc) is 3.50. The summed E-state index contributed by atoms with van der Waals surface area (Å²) in [4.78, 5) is 19.6. The fourth-order valence-electron chi connectivity index (χ4n) is 4.85. The molecule has 0 radical (unpaired) electrons. The molecule has 0 saturated carbocycles.